The van der Waals surface area contributed by atoms with Crippen molar-refractivity contribution in [3.8, 4) is 0 Å². The minimum atomic E-state index is 0.344. The molecule has 0 spiro atoms. The van der Waals surface area contributed by atoms with Crippen LogP contribution in [0.3, 0.4) is 0 Å². The first-order valence-electron chi connectivity index (χ1n) is 12.9. The van der Waals surface area contributed by atoms with E-state index in [1.807, 2.05) is 0 Å². The molecule has 5 rings (SSSR count). The summed E-state index contributed by atoms with van der Waals surface area (Å²) >= 11 is 0. The maximum atomic E-state index is 3.83. The van der Waals surface area contributed by atoms with Gasteiger partial charge in [0.15, 0.2) is 0 Å². The van der Waals surface area contributed by atoms with Gasteiger partial charge >= 0.3 is 0 Å². The standard InChI is InChI=1S/C30H38N4/c1-4-10-26(11-5-1)24-33-18-16-29(25-33)31-17-19-32-20-22-34(23-21-32)30(27-12-6-2-7-13-27)28-14-8-3-9-15-28/h1-15,29-31H,16-25H2. The number of hydrogen-bond acceptors (Lipinski definition) is 4. The zero-order chi connectivity index (χ0) is 23.0. The van der Waals surface area contributed by atoms with Crippen LogP contribution in [0.15, 0.2) is 91.0 Å². The molecule has 2 heterocycles. The van der Waals surface area contributed by atoms with Crippen LogP contribution < -0.4 is 5.32 Å². The molecule has 0 bridgehead atoms. The molecule has 2 aliphatic heterocycles. The van der Waals surface area contributed by atoms with Gasteiger partial charge in [0, 0.05) is 64.9 Å². The molecule has 0 aliphatic carbocycles. The van der Waals surface area contributed by atoms with E-state index in [1.165, 1.54) is 36.2 Å². The summed E-state index contributed by atoms with van der Waals surface area (Å²) in [5.74, 6) is 0. The zero-order valence-electron chi connectivity index (χ0n) is 20.2. The Kier molecular flexibility index (Phi) is 8.05. The van der Waals surface area contributed by atoms with Crippen molar-refractivity contribution in [2.75, 3.05) is 52.4 Å². The Bertz CT molecular complexity index is 931. The van der Waals surface area contributed by atoms with Crippen LogP contribution in [-0.4, -0.2) is 73.1 Å². The van der Waals surface area contributed by atoms with Crippen molar-refractivity contribution in [1.29, 1.82) is 0 Å². The molecule has 0 aromatic heterocycles. The third-order valence-corrected chi connectivity index (χ3v) is 7.39. The normalized spacial score (nSPS) is 20.2. The first-order chi connectivity index (χ1) is 16.8. The first kappa shape index (κ1) is 23.3. The largest absolute Gasteiger partial charge is 0.311 e. The molecule has 3 aromatic carbocycles. The van der Waals surface area contributed by atoms with E-state index in [2.05, 4.69) is 111 Å². The molecule has 4 heteroatoms. The molecule has 0 saturated carbocycles. The monoisotopic (exact) mass is 454 g/mol. The second-order valence-corrected chi connectivity index (χ2v) is 9.76. The Hall–Kier alpha value is -2.50. The molecular weight excluding hydrogens is 416 g/mol. The Morgan fingerprint density at radius 1 is 0.676 bits per heavy atom. The summed E-state index contributed by atoms with van der Waals surface area (Å²) in [6.07, 6.45) is 1.26. The van der Waals surface area contributed by atoms with Crippen molar-refractivity contribution >= 4 is 0 Å². The maximum absolute atomic E-state index is 3.83. The van der Waals surface area contributed by atoms with Gasteiger partial charge in [0.2, 0.25) is 0 Å². The second-order valence-electron chi connectivity index (χ2n) is 9.76. The van der Waals surface area contributed by atoms with Gasteiger partial charge in [0.1, 0.15) is 0 Å². The predicted octanol–water partition coefficient (Wildman–Crippen LogP) is 4.26. The lowest BCUT2D eigenvalue weighted by molar-refractivity contribution is 0.109. The van der Waals surface area contributed by atoms with Gasteiger partial charge in [-0.1, -0.05) is 91.0 Å². The van der Waals surface area contributed by atoms with Gasteiger partial charge < -0.3 is 5.32 Å². The highest BCUT2D eigenvalue weighted by Gasteiger charge is 2.27. The van der Waals surface area contributed by atoms with E-state index in [-0.39, 0.29) is 0 Å². The molecule has 4 nitrogen and oxygen atoms in total. The first-order valence-corrected chi connectivity index (χ1v) is 12.9. The van der Waals surface area contributed by atoms with E-state index in [9.17, 15) is 0 Å². The lowest BCUT2D eigenvalue weighted by atomic mass is 9.96. The fraction of sp³-hybridized carbons (Fsp3) is 0.400. The second kappa shape index (κ2) is 11.8. The molecule has 178 valence electrons. The Morgan fingerprint density at radius 3 is 1.88 bits per heavy atom. The average Bonchev–Trinajstić information content (AvgIpc) is 3.34. The van der Waals surface area contributed by atoms with Crippen LogP contribution in [0.25, 0.3) is 0 Å². The van der Waals surface area contributed by atoms with Crippen LogP contribution in [0.5, 0.6) is 0 Å². The van der Waals surface area contributed by atoms with Crippen LogP contribution in [0, 0.1) is 0 Å². The summed E-state index contributed by atoms with van der Waals surface area (Å²) in [6.45, 7) is 10.2. The van der Waals surface area contributed by atoms with Gasteiger partial charge in [-0.3, -0.25) is 14.7 Å². The van der Waals surface area contributed by atoms with Crippen LogP contribution >= 0.6 is 0 Å². The summed E-state index contributed by atoms with van der Waals surface area (Å²) in [6, 6.07) is 33.8. The van der Waals surface area contributed by atoms with E-state index in [4.69, 9.17) is 0 Å². The van der Waals surface area contributed by atoms with Crippen molar-refractivity contribution in [1.82, 2.24) is 20.0 Å². The van der Waals surface area contributed by atoms with Gasteiger partial charge in [-0.15, -0.1) is 0 Å². The zero-order valence-corrected chi connectivity index (χ0v) is 20.2. The van der Waals surface area contributed by atoms with Crippen LogP contribution in [0.4, 0.5) is 0 Å². The fourth-order valence-electron chi connectivity index (χ4n) is 5.54. The highest BCUT2D eigenvalue weighted by atomic mass is 15.3. The highest BCUT2D eigenvalue weighted by molar-refractivity contribution is 5.32. The lowest BCUT2D eigenvalue weighted by Crippen LogP contribution is -2.49. The predicted molar refractivity (Wildman–Crippen MR) is 141 cm³/mol. The molecule has 2 saturated heterocycles. The van der Waals surface area contributed by atoms with Crippen molar-refractivity contribution in [3.63, 3.8) is 0 Å². The van der Waals surface area contributed by atoms with Crippen molar-refractivity contribution in [2.45, 2.75) is 25.0 Å². The van der Waals surface area contributed by atoms with E-state index in [0.29, 0.717) is 12.1 Å². The fourth-order valence-corrected chi connectivity index (χ4v) is 5.54. The third-order valence-electron chi connectivity index (χ3n) is 7.39. The summed E-state index contributed by atoms with van der Waals surface area (Å²) in [5, 5.41) is 3.83. The SMILES string of the molecule is c1ccc(CN2CCC(NCCN3CCN(C(c4ccccc4)c4ccccc4)CC3)C2)cc1. The molecule has 0 amide bonds. The number of hydrogen-bond donors (Lipinski definition) is 1. The number of nitrogens with one attached hydrogen (secondary N) is 1. The van der Waals surface area contributed by atoms with Gasteiger partial charge in [-0.25, -0.2) is 0 Å². The Balaban J connectivity index is 1.07. The molecular formula is C30H38N4. The van der Waals surface area contributed by atoms with Gasteiger partial charge in [-0.2, -0.15) is 0 Å². The molecule has 2 aliphatic rings. The minimum absolute atomic E-state index is 0.344. The molecule has 1 N–H and O–H groups in total. The van der Waals surface area contributed by atoms with Crippen LogP contribution in [0.1, 0.15) is 29.2 Å². The third kappa shape index (κ3) is 6.13. The van der Waals surface area contributed by atoms with Crippen molar-refractivity contribution in [2.24, 2.45) is 0 Å². The molecule has 1 unspecified atom stereocenters. The van der Waals surface area contributed by atoms with E-state index in [1.54, 1.807) is 0 Å². The van der Waals surface area contributed by atoms with E-state index >= 15 is 0 Å². The Labute approximate surface area is 205 Å². The molecule has 0 radical (unpaired) electrons. The Morgan fingerprint density at radius 2 is 1.26 bits per heavy atom. The average molecular weight is 455 g/mol. The topological polar surface area (TPSA) is 21.8 Å². The van der Waals surface area contributed by atoms with Gasteiger partial charge in [-0.05, 0) is 23.1 Å². The quantitative estimate of drug-likeness (QED) is 0.522. The number of benzene rings is 3. The van der Waals surface area contributed by atoms with Crippen molar-refractivity contribution in [3.05, 3.63) is 108 Å². The van der Waals surface area contributed by atoms with Gasteiger partial charge in [0.25, 0.3) is 0 Å². The number of rotatable bonds is 9. The summed E-state index contributed by atoms with van der Waals surface area (Å²) in [7, 11) is 0. The van der Waals surface area contributed by atoms with Crippen LogP contribution in [-0.2, 0) is 6.54 Å². The minimum Gasteiger partial charge on any atom is -0.311 e. The summed E-state index contributed by atoms with van der Waals surface area (Å²) in [5.41, 5.74) is 4.21. The highest BCUT2D eigenvalue weighted by Crippen LogP contribution is 2.29. The van der Waals surface area contributed by atoms with E-state index < -0.39 is 0 Å². The smallest absolute Gasteiger partial charge is 0.0602 e. The van der Waals surface area contributed by atoms with Crippen molar-refractivity contribution < 1.29 is 0 Å². The maximum Gasteiger partial charge on any atom is 0.0602 e. The van der Waals surface area contributed by atoms with Crippen LogP contribution in [0.2, 0.25) is 0 Å². The van der Waals surface area contributed by atoms with E-state index in [0.717, 1.165) is 45.8 Å². The number of piperazine rings is 1. The molecule has 3 aromatic rings. The lowest BCUT2D eigenvalue weighted by Gasteiger charge is -2.40. The molecule has 1 atom stereocenters. The summed E-state index contributed by atoms with van der Waals surface area (Å²) < 4.78 is 0. The number of likely N-dealkylation sites (tertiary alicyclic amines) is 1. The number of nitrogens with zero attached hydrogens (tertiary/aromatic N) is 3. The molecule has 34 heavy (non-hydrogen) atoms. The summed E-state index contributed by atoms with van der Waals surface area (Å²) in [4.78, 5) is 7.87. The molecule has 2 fully saturated rings. The van der Waals surface area contributed by atoms with Gasteiger partial charge in [0.05, 0.1) is 6.04 Å².